The van der Waals surface area contributed by atoms with Gasteiger partial charge in [-0.05, 0) is 43.7 Å². The molecule has 0 saturated heterocycles. The first kappa shape index (κ1) is 15.8. The molecule has 0 aliphatic carbocycles. The Kier molecular flexibility index (Phi) is 4.61. The Hall–Kier alpha value is -2.62. The lowest BCUT2D eigenvalue weighted by molar-refractivity contribution is -0.139. The van der Waals surface area contributed by atoms with Gasteiger partial charge in [0.15, 0.2) is 0 Å². The van der Waals surface area contributed by atoms with Crippen LogP contribution in [0.15, 0.2) is 54.6 Å². The Labute approximate surface area is 129 Å². The van der Waals surface area contributed by atoms with Gasteiger partial charge >= 0.3 is 11.9 Å². The highest BCUT2D eigenvalue weighted by molar-refractivity contribution is 5.89. The molecule has 0 atom stereocenters. The van der Waals surface area contributed by atoms with Crippen molar-refractivity contribution in [2.45, 2.75) is 19.3 Å². The van der Waals surface area contributed by atoms with Crippen LogP contribution in [0, 0.1) is 0 Å². The maximum atomic E-state index is 12.4. The number of hydrogen-bond acceptors (Lipinski definition) is 4. The van der Waals surface area contributed by atoms with Gasteiger partial charge in [0, 0.05) is 0 Å². The molecule has 2 aromatic rings. The molecule has 0 unspecified atom stereocenters. The van der Waals surface area contributed by atoms with E-state index in [9.17, 15) is 9.59 Å². The van der Waals surface area contributed by atoms with Crippen molar-refractivity contribution in [2.75, 3.05) is 7.11 Å². The SMILES string of the molecule is COC(=O)c1ccc(OC(=O)C(C)(C)c2ccccc2)cc1. The molecule has 0 heterocycles. The molecule has 22 heavy (non-hydrogen) atoms. The Balaban J connectivity index is 2.13. The van der Waals surface area contributed by atoms with Crippen LogP contribution in [-0.2, 0) is 14.9 Å². The third-order valence-corrected chi connectivity index (χ3v) is 3.49. The summed E-state index contributed by atoms with van der Waals surface area (Å²) in [5.74, 6) is -0.395. The molecular formula is C18H18O4. The predicted octanol–water partition coefficient (Wildman–Crippen LogP) is 3.36. The zero-order chi connectivity index (χ0) is 16.2. The fourth-order valence-electron chi connectivity index (χ4n) is 1.98. The lowest BCUT2D eigenvalue weighted by Gasteiger charge is -2.22. The van der Waals surface area contributed by atoms with Crippen LogP contribution in [0.2, 0.25) is 0 Å². The maximum absolute atomic E-state index is 12.4. The van der Waals surface area contributed by atoms with Crippen LogP contribution < -0.4 is 4.74 Å². The quantitative estimate of drug-likeness (QED) is 0.641. The van der Waals surface area contributed by atoms with E-state index in [1.807, 2.05) is 44.2 Å². The van der Waals surface area contributed by atoms with Crippen molar-refractivity contribution in [3.8, 4) is 5.75 Å². The molecule has 0 bridgehead atoms. The summed E-state index contributed by atoms with van der Waals surface area (Å²) in [6, 6.07) is 15.7. The minimum atomic E-state index is -0.762. The van der Waals surface area contributed by atoms with Gasteiger partial charge in [-0.1, -0.05) is 30.3 Å². The van der Waals surface area contributed by atoms with E-state index >= 15 is 0 Å². The molecule has 0 radical (unpaired) electrons. The largest absolute Gasteiger partial charge is 0.465 e. The summed E-state index contributed by atoms with van der Waals surface area (Å²) in [5, 5.41) is 0. The van der Waals surface area contributed by atoms with E-state index in [0.29, 0.717) is 11.3 Å². The molecule has 114 valence electrons. The number of methoxy groups -OCH3 is 1. The fourth-order valence-corrected chi connectivity index (χ4v) is 1.98. The molecule has 4 nitrogen and oxygen atoms in total. The summed E-state index contributed by atoms with van der Waals surface area (Å²) < 4.78 is 10.0. The van der Waals surface area contributed by atoms with Gasteiger partial charge < -0.3 is 9.47 Å². The summed E-state index contributed by atoms with van der Waals surface area (Å²) in [5.41, 5.74) is 0.526. The second-order valence-corrected chi connectivity index (χ2v) is 5.40. The van der Waals surface area contributed by atoms with E-state index in [-0.39, 0.29) is 5.97 Å². The van der Waals surface area contributed by atoms with Gasteiger partial charge in [-0.15, -0.1) is 0 Å². The van der Waals surface area contributed by atoms with Crippen LogP contribution in [0.3, 0.4) is 0 Å². The third-order valence-electron chi connectivity index (χ3n) is 3.49. The lowest BCUT2D eigenvalue weighted by Crippen LogP contribution is -2.33. The van der Waals surface area contributed by atoms with Gasteiger partial charge in [-0.3, -0.25) is 4.79 Å². The van der Waals surface area contributed by atoms with Crippen molar-refractivity contribution in [2.24, 2.45) is 0 Å². The first-order valence-electron chi connectivity index (χ1n) is 6.91. The first-order valence-corrected chi connectivity index (χ1v) is 6.91. The number of esters is 2. The van der Waals surface area contributed by atoms with Gasteiger partial charge in [0.25, 0.3) is 0 Å². The highest BCUT2D eigenvalue weighted by atomic mass is 16.5. The number of rotatable bonds is 4. The van der Waals surface area contributed by atoms with Crippen molar-refractivity contribution in [3.05, 3.63) is 65.7 Å². The van der Waals surface area contributed by atoms with E-state index in [0.717, 1.165) is 5.56 Å². The van der Waals surface area contributed by atoms with Crippen LogP contribution in [0.4, 0.5) is 0 Å². The Morgan fingerprint density at radius 3 is 2.05 bits per heavy atom. The Morgan fingerprint density at radius 1 is 0.909 bits per heavy atom. The number of carbonyl (C=O) groups is 2. The molecule has 0 N–H and O–H groups in total. The summed E-state index contributed by atoms with van der Waals surface area (Å²) in [6.07, 6.45) is 0. The van der Waals surface area contributed by atoms with E-state index in [4.69, 9.17) is 4.74 Å². The molecule has 0 aliphatic rings. The summed E-state index contributed by atoms with van der Waals surface area (Å²) in [4.78, 5) is 23.8. The first-order chi connectivity index (χ1) is 10.4. The van der Waals surface area contributed by atoms with Crippen molar-refractivity contribution < 1.29 is 19.1 Å². The van der Waals surface area contributed by atoms with Crippen LogP contribution in [0.5, 0.6) is 5.75 Å². The highest BCUT2D eigenvalue weighted by Crippen LogP contribution is 2.26. The lowest BCUT2D eigenvalue weighted by atomic mass is 9.85. The summed E-state index contributed by atoms with van der Waals surface area (Å²) >= 11 is 0. The Bertz CT molecular complexity index is 657. The molecule has 0 saturated carbocycles. The van der Waals surface area contributed by atoms with Crippen LogP contribution in [-0.4, -0.2) is 19.0 Å². The molecule has 2 aromatic carbocycles. The summed E-state index contributed by atoms with van der Waals surface area (Å²) in [7, 11) is 1.32. The zero-order valence-corrected chi connectivity index (χ0v) is 12.8. The van der Waals surface area contributed by atoms with E-state index in [1.54, 1.807) is 24.3 Å². The van der Waals surface area contributed by atoms with E-state index in [1.165, 1.54) is 7.11 Å². The standard InChI is InChI=1S/C18H18O4/c1-18(2,14-7-5-4-6-8-14)17(20)22-15-11-9-13(10-12-15)16(19)21-3/h4-12H,1-3H3. The topological polar surface area (TPSA) is 52.6 Å². The number of ether oxygens (including phenoxy) is 2. The summed E-state index contributed by atoms with van der Waals surface area (Å²) in [6.45, 7) is 3.63. The second-order valence-electron chi connectivity index (χ2n) is 5.40. The van der Waals surface area contributed by atoms with Gasteiger partial charge in [0.05, 0.1) is 18.1 Å². The van der Waals surface area contributed by atoms with Crippen LogP contribution in [0.25, 0.3) is 0 Å². The van der Waals surface area contributed by atoms with Crippen molar-refractivity contribution in [1.82, 2.24) is 0 Å². The van der Waals surface area contributed by atoms with Gasteiger partial charge in [0.2, 0.25) is 0 Å². The Morgan fingerprint density at radius 2 is 1.50 bits per heavy atom. The van der Waals surface area contributed by atoms with E-state index in [2.05, 4.69) is 4.74 Å². The van der Waals surface area contributed by atoms with Gasteiger partial charge in [-0.25, -0.2) is 4.79 Å². The van der Waals surface area contributed by atoms with Crippen molar-refractivity contribution in [1.29, 1.82) is 0 Å². The van der Waals surface area contributed by atoms with Crippen LogP contribution in [0.1, 0.15) is 29.8 Å². The molecule has 0 amide bonds. The monoisotopic (exact) mass is 298 g/mol. The highest BCUT2D eigenvalue weighted by Gasteiger charge is 2.31. The predicted molar refractivity (Wildman–Crippen MR) is 82.9 cm³/mol. The molecule has 0 aromatic heterocycles. The molecule has 0 spiro atoms. The van der Waals surface area contributed by atoms with E-state index < -0.39 is 11.4 Å². The van der Waals surface area contributed by atoms with Gasteiger partial charge in [-0.2, -0.15) is 0 Å². The molecule has 2 rings (SSSR count). The molecule has 0 fully saturated rings. The maximum Gasteiger partial charge on any atom is 0.337 e. The number of carbonyl (C=O) groups excluding carboxylic acids is 2. The van der Waals surface area contributed by atoms with Crippen molar-refractivity contribution in [3.63, 3.8) is 0 Å². The number of hydrogen-bond donors (Lipinski definition) is 0. The number of benzene rings is 2. The average molecular weight is 298 g/mol. The molecule has 0 aliphatic heterocycles. The third kappa shape index (κ3) is 3.34. The van der Waals surface area contributed by atoms with Crippen molar-refractivity contribution >= 4 is 11.9 Å². The molecule has 4 heteroatoms. The smallest absolute Gasteiger partial charge is 0.337 e. The zero-order valence-electron chi connectivity index (χ0n) is 12.8. The van der Waals surface area contributed by atoms with Crippen LogP contribution >= 0.6 is 0 Å². The molecular weight excluding hydrogens is 280 g/mol. The minimum absolute atomic E-state index is 0.357. The second kappa shape index (κ2) is 6.43. The fraction of sp³-hybridized carbons (Fsp3) is 0.222. The minimum Gasteiger partial charge on any atom is -0.465 e. The normalized spacial score (nSPS) is 10.9. The average Bonchev–Trinajstić information content (AvgIpc) is 2.55. The van der Waals surface area contributed by atoms with Gasteiger partial charge in [0.1, 0.15) is 5.75 Å².